The fourth-order valence-electron chi connectivity index (χ4n) is 5.37. The first kappa shape index (κ1) is 55.9. The van der Waals surface area contributed by atoms with Gasteiger partial charge in [0.05, 0.1) is 0 Å². The van der Waals surface area contributed by atoms with Crippen molar-refractivity contribution < 1.29 is 128 Å². The van der Waals surface area contributed by atoms with E-state index in [2.05, 4.69) is 0 Å². The highest BCUT2D eigenvalue weighted by atomic mass is 32.3. The molecule has 3 aromatic carbocycles. The Labute approximate surface area is 352 Å². The number of hydrogen-bond acceptors (Lipinski definition) is 2. The van der Waals surface area contributed by atoms with Gasteiger partial charge >= 0.3 is 83.2 Å². The molecule has 0 amide bonds. The van der Waals surface area contributed by atoms with Gasteiger partial charge in [-0.1, -0.05) is 69.3 Å². The Morgan fingerprint density at radius 2 is 0.591 bits per heavy atom. The normalized spacial score (nSPS) is 15.7. The summed E-state index contributed by atoms with van der Waals surface area (Å²) in [6.07, 6.45) is -8.29. The molecule has 66 heavy (non-hydrogen) atoms. The monoisotopic (exact) mass is 1030 g/mol. The first-order valence-corrected chi connectivity index (χ1v) is 18.5. The highest BCUT2D eigenvalue weighted by Gasteiger charge is 3.00. The number of halogens is 27. The number of rotatable bonds is 16. The van der Waals surface area contributed by atoms with Gasteiger partial charge in [0.15, 0.2) is 0 Å². The van der Waals surface area contributed by atoms with Crippen molar-refractivity contribution in [1.82, 2.24) is 0 Å². The summed E-state index contributed by atoms with van der Waals surface area (Å²) in [6.45, 7) is 4.80. The molecule has 2 nitrogen and oxygen atoms in total. The maximum atomic E-state index is 15.5. The largest absolute Gasteiger partial charge is 0.460 e. The van der Waals surface area contributed by atoms with Crippen LogP contribution in [0.2, 0.25) is 0 Å². The Hall–Kier alpha value is -4.41. The molecule has 0 aromatic heterocycles. The molecular formula is C36H23F27O2S. The second kappa shape index (κ2) is 16.1. The van der Waals surface area contributed by atoms with Gasteiger partial charge < -0.3 is 4.18 Å². The van der Waals surface area contributed by atoms with E-state index in [1.807, 2.05) is 0 Å². The highest BCUT2D eigenvalue weighted by molar-refractivity contribution is 8.30. The van der Waals surface area contributed by atoms with E-state index in [9.17, 15) is 106 Å². The summed E-state index contributed by atoms with van der Waals surface area (Å²) in [5.74, 6) is -116. The van der Waals surface area contributed by atoms with Crippen molar-refractivity contribution in [2.75, 3.05) is 0 Å². The van der Waals surface area contributed by atoms with Crippen molar-refractivity contribution in [3.63, 3.8) is 0 Å². The molecule has 30 heteroatoms. The van der Waals surface area contributed by atoms with Crippen LogP contribution in [0.15, 0.2) is 99.6 Å². The molecule has 0 N–H and O–H groups in total. The average Bonchev–Trinajstić information content (AvgIpc) is 3.18. The van der Waals surface area contributed by atoms with Gasteiger partial charge in [-0.05, 0) is 57.7 Å². The van der Waals surface area contributed by atoms with Crippen LogP contribution in [0.1, 0.15) is 26.3 Å². The number of alkyl halides is 27. The van der Waals surface area contributed by atoms with Crippen LogP contribution >= 0.6 is 10.3 Å². The number of carbonyl (C=O) groups is 1. The van der Waals surface area contributed by atoms with Crippen molar-refractivity contribution in [3.05, 3.63) is 90.5 Å². The molecule has 0 unspecified atom stereocenters. The van der Waals surface area contributed by atoms with E-state index < -0.39 is 114 Å². The van der Waals surface area contributed by atoms with Crippen molar-refractivity contribution in [2.45, 2.75) is 118 Å². The number of carbonyl (C=O) groups excluding carboxylic acids is 1. The van der Waals surface area contributed by atoms with E-state index in [1.54, 1.807) is 20.8 Å². The molecule has 0 bridgehead atoms. The molecule has 0 aliphatic heterocycles. The van der Waals surface area contributed by atoms with Crippen molar-refractivity contribution >= 4 is 16.3 Å². The predicted octanol–water partition coefficient (Wildman–Crippen LogP) is 14.9. The van der Waals surface area contributed by atoms with Gasteiger partial charge in [-0.15, -0.1) is 0 Å². The SMILES string of the molecule is CC(C)(C)c1ccc(S(OC(=O)C(F)(F)C(F)(F)C(F)(F)C(F)(F)C(F)(F)C(F)(F)C(F)(F)C(F)(F)C(F)(F)C(F)(F)C(F)(F)C(F)(F)C(F)(F)F)(c2ccccc2)c2ccccc2)cc1. The Bertz CT molecular complexity index is 2160. The fraction of sp³-hybridized carbons (Fsp3) is 0.472. The Morgan fingerprint density at radius 1 is 0.348 bits per heavy atom. The zero-order valence-corrected chi connectivity index (χ0v) is 32.8. The van der Waals surface area contributed by atoms with Crippen LogP contribution in [0.25, 0.3) is 0 Å². The summed E-state index contributed by atoms with van der Waals surface area (Å²) in [4.78, 5) is 11.5. The summed E-state index contributed by atoms with van der Waals surface area (Å²) in [7, 11) is -4.50. The number of hydrogen-bond donors (Lipinski definition) is 0. The van der Waals surface area contributed by atoms with Gasteiger partial charge in [0.1, 0.15) is 0 Å². The van der Waals surface area contributed by atoms with Gasteiger partial charge in [0.25, 0.3) is 0 Å². The van der Waals surface area contributed by atoms with E-state index in [0.717, 1.165) is 60.7 Å². The summed E-state index contributed by atoms with van der Waals surface area (Å²) in [5, 5.41) is 0. The van der Waals surface area contributed by atoms with Crippen LogP contribution in [-0.2, 0) is 14.4 Å². The third-order valence-corrected chi connectivity index (χ3v) is 12.6. The lowest BCUT2D eigenvalue weighted by Gasteiger charge is -2.46. The molecule has 0 atom stereocenters. The van der Waals surface area contributed by atoms with E-state index in [1.165, 1.54) is 24.3 Å². The third kappa shape index (κ3) is 7.55. The summed E-state index contributed by atoms with van der Waals surface area (Å²) >= 11 is 0. The second-order valence-electron chi connectivity index (χ2n) is 14.7. The quantitative estimate of drug-likeness (QED) is 0.134. The molecule has 0 fully saturated rings. The van der Waals surface area contributed by atoms with Gasteiger partial charge in [0, 0.05) is 14.7 Å². The summed E-state index contributed by atoms with van der Waals surface area (Å²) in [5.41, 5.74) is -0.378. The molecular weight excluding hydrogens is 1010 g/mol. The summed E-state index contributed by atoms with van der Waals surface area (Å²) in [6, 6.07) is 14.4. The van der Waals surface area contributed by atoms with Gasteiger partial charge in [-0.2, -0.15) is 119 Å². The third-order valence-electron chi connectivity index (χ3n) is 9.35. The minimum absolute atomic E-state index is 0.380. The molecule has 3 aromatic rings. The van der Waals surface area contributed by atoms with E-state index >= 15 is 17.6 Å². The molecule has 0 radical (unpaired) electrons. The minimum Gasteiger partial charge on any atom is -0.397 e. The zero-order valence-electron chi connectivity index (χ0n) is 32.0. The average molecular weight is 1030 g/mol. The first-order valence-electron chi connectivity index (χ1n) is 16.9. The molecule has 374 valence electrons. The maximum absolute atomic E-state index is 15.5. The fourth-order valence-corrected chi connectivity index (χ4v) is 8.40. The molecule has 3 rings (SSSR count). The van der Waals surface area contributed by atoms with Crippen LogP contribution in [0.4, 0.5) is 119 Å². The standard InChI is InChI=1S/C36H23F27O2S/c1-23(2,3)18-14-16-21(17-15-18)66(19-10-6-4-7-11-19,20-12-8-5-9-13-20)65-22(64)24(37,38)25(39,40)26(41,42)27(43,44)28(45,46)29(47,48)30(49,50)31(51,52)32(53,54)33(55,56)34(57,58)35(59,60)36(61,62)63/h4-17H,1-3H3. The van der Waals surface area contributed by atoms with Crippen molar-refractivity contribution in [1.29, 1.82) is 0 Å². The van der Waals surface area contributed by atoms with Crippen molar-refractivity contribution in [3.8, 4) is 0 Å². The molecule has 0 spiro atoms. The van der Waals surface area contributed by atoms with Crippen LogP contribution in [0.5, 0.6) is 0 Å². The maximum Gasteiger partial charge on any atom is 0.460 e. The van der Waals surface area contributed by atoms with E-state index in [0.29, 0.717) is 5.56 Å². The molecule has 0 saturated heterocycles. The van der Waals surface area contributed by atoms with Gasteiger partial charge in [-0.25, -0.2) is 4.79 Å². The summed E-state index contributed by atoms with van der Waals surface area (Å²) < 4.78 is 386. The lowest BCUT2D eigenvalue weighted by molar-refractivity contribution is -0.484. The van der Waals surface area contributed by atoms with Crippen LogP contribution in [0, 0.1) is 0 Å². The molecule has 0 aliphatic rings. The van der Waals surface area contributed by atoms with Crippen LogP contribution in [-0.4, -0.2) is 83.2 Å². The van der Waals surface area contributed by atoms with Crippen LogP contribution < -0.4 is 0 Å². The number of benzene rings is 3. The predicted molar refractivity (Wildman–Crippen MR) is 172 cm³/mol. The van der Waals surface area contributed by atoms with Crippen molar-refractivity contribution in [2.24, 2.45) is 0 Å². The smallest absolute Gasteiger partial charge is 0.397 e. The Kier molecular flexibility index (Phi) is 13.6. The van der Waals surface area contributed by atoms with Gasteiger partial charge in [0.2, 0.25) is 0 Å². The topological polar surface area (TPSA) is 26.3 Å². The first-order chi connectivity index (χ1) is 29.0. The Balaban J connectivity index is 2.26. The van der Waals surface area contributed by atoms with Crippen LogP contribution in [0.3, 0.4) is 0 Å². The zero-order chi connectivity index (χ0) is 52.0. The Morgan fingerprint density at radius 3 is 0.848 bits per heavy atom. The second-order valence-corrected chi connectivity index (χ2v) is 17.4. The lowest BCUT2D eigenvalue weighted by Crippen LogP contribution is -2.79. The van der Waals surface area contributed by atoms with Gasteiger partial charge in [-0.3, -0.25) is 0 Å². The molecule has 0 heterocycles. The molecule has 0 saturated carbocycles. The molecule has 0 aliphatic carbocycles. The minimum atomic E-state index is -9.91. The van der Waals surface area contributed by atoms with E-state index in [-0.39, 0.29) is 0 Å². The lowest BCUT2D eigenvalue weighted by atomic mass is 9.84. The highest BCUT2D eigenvalue weighted by Crippen LogP contribution is 2.72. The van der Waals surface area contributed by atoms with E-state index in [4.69, 9.17) is 4.18 Å².